The number of nitrogens with zero attached hydrogens (tertiary/aromatic N) is 2. The standard InChI is InChI=1S/C31H29F5N2O6S/c32-24-25(33)27(35)29(28(36)26(24)34)45(43,44)38-14-4-7-22(38)30(40)37(20-12-13-21(31(41)42)23(39)15-20)16-17-8-10-19(11-9-17)18-5-2-1-3-6-18/h8-13,15,18,22,39H,1-7,14,16H2,(H,41,42)/t22-/m1/s1. The van der Waals surface area contributed by atoms with Gasteiger partial charge in [0.2, 0.25) is 21.7 Å². The molecule has 240 valence electrons. The van der Waals surface area contributed by atoms with E-state index in [2.05, 4.69) is 0 Å². The van der Waals surface area contributed by atoms with Crippen LogP contribution in [0.1, 0.15) is 72.3 Å². The molecule has 2 N–H and O–H groups in total. The van der Waals surface area contributed by atoms with Crippen LogP contribution in [0.25, 0.3) is 0 Å². The Bertz CT molecular complexity index is 1720. The molecule has 3 aromatic rings. The fourth-order valence-corrected chi connectivity index (χ4v) is 7.83. The molecule has 1 aliphatic carbocycles. The molecular formula is C31H29F5N2O6S. The van der Waals surface area contributed by atoms with Crippen LogP contribution in [0.5, 0.6) is 5.75 Å². The van der Waals surface area contributed by atoms with Crippen molar-refractivity contribution in [3.8, 4) is 5.75 Å². The maximum atomic E-state index is 14.6. The van der Waals surface area contributed by atoms with Gasteiger partial charge in [-0.3, -0.25) is 4.79 Å². The summed E-state index contributed by atoms with van der Waals surface area (Å²) < 4.78 is 98.0. The molecule has 0 unspecified atom stereocenters. The first-order chi connectivity index (χ1) is 21.3. The Labute approximate surface area is 255 Å². The van der Waals surface area contributed by atoms with Crippen molar-refractivity contribution in [2.45, 2.75) is 68.3 Å². The number of hydrogen-bond donors (Lipinski definition) is 2. The van der Waals surface area contributed by atoms with Crippen LogP contribution < -0.4 is 4.90 Å². The third-order valence-corrected chi connectivity index (χ3v) is 10.3. The molecule has 45 heavy (non-hydrogen) atoms. The second kappa shape index (κ2) is 12.8. The Balaban J connectivity index is 1.52. The van der Waals surface area contributed by atoms with Crippen molar-refractivity contribution in [2.75, 3.05) is 11.4 Å². The second-order valence-electron chi connectivity index (χ2n) is 11.2. The van der Waals surface area contributed by atoms with Crippen LogP contribution in [0.4, 0.5) is 27.6 Å². The summed E-state index contributed by atoms with van der Waals surface area (Å²) in [6.07, 6.45) is 5.40. The monoisotopic (exact) mass is 652 g/mol. The molecule has 1 atom stereocenters. The molecule has 2 aliphatic rings. The van der Waals surface area contributed by atoms with Crippen LogP contribution >= 0.6 is 0 Å². The number of carboxylic acid groups (broad SMARTS) is 1. The Kier molecular flexibility index (Phi) is 9.17. The van der Waals surface area contributed by atoms with Gasteiger partial charge in [-0.2, -0.15) is 4.31 Å². The molecule has 0 spiro atoms. The van der Waals surface area contributed by atoms with Gasteiger partial charge >= 0.3 is 5.97 Å². The van der Waals surface area contributed by atoms with Crippen molar-refractivity contribution in [3.05, 3.63) is 88.2 Å². The van der Waals surface area contributed by atoms with Gasteiger partial charge < -0.3 is 15.1 Å². The zero-order valence-electron chi connectivity index (χ0n) is 23.8. The largest absolute Gasteiger partial charge is 0.507 e. The van der Waals surface area contributed by atoms with E-state index in [0.717, 1.165) is 48.3 Å². The van der Waals surface area contributed by atoms with Crippen molar-refractivity contribution >= 4 is 27.6 Å². The summed E-state index contributed by atoms with van der Waals surface area (Å²) in [6.45, 7) is -0.631. The number of sulfonamides is 1. The van der Waals surface area contributed by atoms with E-state index in [-0.39, 0.29) is 25.1 Å². The van der Waals surface area contributed by atoms with Crippen molar-refractivity contribution in [1.82, 2.24) is 4.31 Å². The van der Waals surface area contributed by atoms with E-state index in [1.54, 1.807) is 12.1 Å². The van der Waals surface area contributed by atoms with E-state index in [9.17, 15) is 50.2 Å². The smallest absolute Gasteiger partial charge is 0.339 e. The molecule has 1 heterocycles. The Hall–Kier alpha value is -4.04. The summed E-state index contributed by atoms with van der Waals surface area (Å²) >= 11 is 0. The number of benzene rings is 3. The van der Waals surface area contributed by atoms with Gasteiger partial charge in [0, 0.05) is 18.3 Å². The van der Waals surface area contributed by atoms with Crippen LogP contribution in [0.3, 0.4) is 0 Å². The van der Waals surface area contributed by atoms with Crippen molar-refractivity contribution < 1.29 is 50.2 Å². The van der Waals surface area contributed by atoms with E-state index in [4.69, 9.17) is 0 Å². The van der Waals surface area contributed by atoms with Gasteiger partial charge in [-0.25, -0.2) is 35.2 Å². The summed E-state index contributed by atoms with van der Waals surface area (Å²) in [5.74, 6) is -15.1. The first-order valence-corrected chi connectivity index (χ1v) is 15.8. The van der Waals surface area contributed by atoms with Gasteiger partial charge in [-0.05, 0) is 54.9 Å². The lowest BCUT2D eigenvalue weighted by molar-refractivity contribution is -0.121. The number of carboxylic acids is 1. The molecule has 2 fully saturated rings. The second-order valence-corrected chi connectivity index (χ2v) is 13.0. The van der Waals surface area contributed by atoms with Crippen LogP contribution in [0, 0.1) is 29.1 Å². The van der Waals surface area contributed by atoms with Gasteiger partial charge in [0.1, 0.15) is 17.4 Å². The van der Waals surface area contributed by atoms with Crippen LogP contribution in [0.15, 0.2) is 47.4 Å². The highest BCUT2D eigenvalue weighted by Gasteiger charge is 2.45. The molecule has 1 amide bonds. The minimum absolute atomic E-state index is 0.0145. The molecule has 0 aromatic heterocycles. The maximum absolute atomic E-state index is 14.6. The normalized spacial score (nSPS) is 17.8. The number of rotatable bonds is 8. The Morgan fingerprint density at radius 3 is 2.00 bits per heavy atom. The summed E-state index contributed by atoms with van der Waals surface area (Å²) in [7, 11) is -5.43. The number of aromatic hydroxyl groups is 1. The highest BCUT2D eigenvalue weighted by atomic mass is 32.2. The quantitative estimate of drug-likeness (QED) is 0.170. The fourth-order valence-electron chi connectivity index (χ4n) is 6.06. The van der Waals surface area contributed by atoms with Crippen molar-refractivity contribution in [3.63, 3.8) is 0 Å². The molecule has 0 radical (unpaired) electrons. The first-order valence-electron chi connectivity index (χ1n) is 14.3. The fraction of sp³-hybridized carbons (Fsp3) is 0.355. The third kappa shape index (κ3) is 6.12. The number of amides is 1. The van der Waals surface area contributed by atoms with E-state index in [1.807, 2.05) is 12.1 Å². The number of carbonyl (C=O) groups is 2. The van der Waals surface area contributed by atoms with E-state index >= 15 is 0 Å². The van der Waals surface area contributed by atoms with Crippen LogP contribution in [0.2, 0.25) is 0 Å². The van der Waals surface area contributed by atoms with Gasteiger partial charge in [0.25, 0.3) is 0 Å². The minimum atomic E-state index is -5.43. The van der Waals surface area contributed by atoms with E-state index < -0.39 is 79.8 Å². The van der Waals surface area contributed by atoms with Crippen molar-refractivity contribution in [2.24, 2.45) is 0 Å². The van der Waals surface area contributed by atoms with Gasteiger partial charge in [-0.1, -0.05) is 43.5 Å². The summed E-state index contributed by atoms with van der Waals surface area (Å²) in [5, 5.41) is 19.7. The summed E-state index contributed by atoms with van der Waals surface area (Å²) in [4.78, 5) is 24.5. The predicted octanol–water partition coefficient (Wildman–Crippen LogP) is 6.22. The van der Waals surface area contributed by atoms with Gasteiger partial charge in [-0.15, -0.1) is 0 Å². The average Bonchev–Trinajstić information content (AvgIpc) is 3.53. The Morgan fingerprint density at radius 1 is 0.822 bits per heavy atom. The number of halogens is 5. The molecule has 5 rings (SSSR count). The lowest BCUT2D eigenvalue weighted by Crippen LogP contribution is -2.48. The Morgan fingerprint density at radius 2 is 1.42 bits per heavy atom. The number of aromatic carboxylic acids is 1. The summed E-state index contributed by atoms with van der Waals surface area (Å²) in [6, 6.07) is 9.10. The lowest BCUT2D eigenvalue weighted by atomic mass is 9.84. The molecule has 8 nitrogen and oxygen atoms in total. The predicted molar refractivity (Wildman–Crippen MR) is 152 cm³/mol. The molecular weight excluding hydrogens is 623 g/mol. The van der Waals surface area contributed by atoms with Gasteiger partial charge in [0.15, 0.2) is 28.2 Å². The van der Waals surface area contributed by atoms with Gasteiger partial charge in [0.05, 0.1) is 6.54 Å². The molecule has 1 aliphatic heterocycles. The molecule has 1 saturated carbocycles. The van der Waals surface area contributed by atoms with Crippen molar-refractivity contribution in [1.29, 1.82) is 0 Å². The highest BCUT2D eigenvalue weighted by Crippen LogP contribution is 2.36. The third-order valence-electron chi connectivity index (χ3n) is 8.41. The number of carbonyl (C=O) groups excluding carboxylic acids is 1. The molecule has 3 aromatic carbocycles. The summed E-state index contributed by atoms with van der Waals surface area (Å²) in [5.41, 5.74) is 1.24. The zero-order valence-corrected chi connectivity index (χ0v) is 24.6. The minimum Gasteiger partial charge on any atom is -0.507 e. The van der Waals surface area contributed by atoms with Crippen LogP contribution in [-0.2, 0) is 21.4 Å². The van der Waals surface area contributed by atoms with E-state index in [1.165, 1.54) is 12.5 Å². The lowest BCUT2D eigenvalue weighted by Gasteiger charge is -2.30. The van der Waals surface area contributed by atoms with E-state index in [0.29, 0.717) is 15.8 Å². The average molecular weight is 653 g/mol. The first kappa shape index (κ1) is 32.4. The molecule has 14 heteroatoms. The molecule has 0 bridgehead atoms. The number of anilines is 1. The number of hydrogen-bond acceptors (Lipinski definition) is 5. The number of phenols is 1. The SMILES string of the molecule is O=C(O)c1ccc(N(Cc2ccc(C3CCCCC3)cc2)C(=O)[C@H]2CCCN2S(=O)(=O)c2c(F)c(F)c(F)c(F)c2F)cc1O. The highest BCUT2D eigenvalue weighted by molar-refractivity contribution is 7.89. The topological polar surface area (TPSA) is 115 Å². The maximum Gasteiger partial charge on any atom is 0.339 e. The van der Waals surface area contributed by atoms with Crippen LogP contribution in [-0.4, -0.2) is 47.4 Å². The zero-order chi connectivity index (χ0) is 32.6. The molecule has 1 saturated heterocycles.